The van der Waals surface area contributed by atoms with Crippen molar-refractivity contribution in [2.75, 3.05) is 18.1 Å². The SMILES string of the molecule is CC(C(=O)Nc1ccc(Cl)c(N)c1)N(C)Cc1ccco1. The van der Waals surface area contributed by atoms with E-state index >= 15 is 0 Å². The van der Waals surface area contributed by atoms with Gasteiger partial charge in [-0.05, 0) is 44.3 Å². The number of rotatable bonds is 5. The molecule has 1 unspecified atom stereocenters. The first-order chi connectivity index (χ1) is 9.97. The van der Waals surface area contributed by atoms with Crippen LogP contribution in [-0.2, 0) is 11.3 Å². The molecule has 0 saturated heterocycles. The Morgan fingerprint density at radius 2 is 2.24 bits per heavy atom. The normalized spacial score (nSPS) is 12.4. The molecule has 3 N–H and O–H groups in total. The summed E-state index contributed by atoms with van der Waals surface area (Å²) in [6.07, 6.45) is 1.62. The van der Waals surface area contributed by atoms with Gasteiger partial charge < -0.3 is 15.5 Å². The van der Waals surface area contributed by atoms with Crippen molar-refractivity contribution < 1.29 is 9.21 Å². The van der Waals surface area contributed by atoms with E-state index < -0.39 is 0 Å². The zero-order chi connectivity index (χ0) is 15.4. The Morgan fingerprint density at radius 3 is 2.86 bits per heavy atom. The molecule has 0 aliphatic carbocycles. The molecule has 0 aliphatic rings. The van der Waals surface area contributed by atoms with Crippen LogP contribution in [0.2, 0.25) is 5.02 Å². The minimum atomic E-state index is -0.313. The number of nitrogen functional groups attached to an aromatic ring is 1. The Balaban J connectivity index is 1.96. The van der Waals surface area contributed by atoms with Gasteiger partial charge in [0.15, 0.2) is 0 Å². The Bertz CT molecular complexity index is 613. The van der Waals surface area contributed by atoms with E-state index in [4.69, 9.17) is 21.8 Å². The highest BCUT2D eigenvalue weighted by Gasteiger charge is 2.19. The van der Waals surface area contributed by atoms with Crippen LogP contribution in [-0.4, -0.2) is 23.9 Å². The molecule has 0 aliphatic heterocycles. The number of hydrogen-bond donors (Lipinski definition) is 2. The fourth-order valence-electron chi connectivity index (χ4n) is 1.85. The third-order valence-electron chi connectivity index (χ3n) is 3.29. The molecule has 0 radical (unpaired) electrons. The average molecular weight is 308 g/mol. The Morgan fingerprint density at radius 1 is 1.48 bits per heavy atom. The number of carbonyl (C=O) groups is 1. The maximum atomic E-state index is 12.2. The third-order valence-corrected chi connectivity index (χ3v) is 3.63. The van der Waals surface area contributed by atoms with Crippen LogP contribution in [0, 0.1) is 0 Å². The van der Waals surface area contributed by atoms with Gasteiger partial charge in [-0.2, -0.15) is 0 Å². The lowest BCUT2D eigenvalue weighted by molar-refractivity contribution is -0.120. The monoisotopic (exact) mass is 307 g/mol. The maximum absolute atomic E-state index is 12.2. The largest absolute Gasteiger partial charge is 0.468 e. The van der Waals surface area contributed by atoms with Gasteiger partial charge in [-0.1, -0.05) is 11.6 Å². The van der Waals surface area contributed by atoms with Crippen LogP contribution in [0.1, 0.15) is 12.7 Å². The van der Waals surface area contributed by atoms with Gasteiger partial charge in [0, 0.05) is 5.69 Å². The fraction of sp³-hybridized carbons (Fsp3) is 0.267. The second-order valence-corrected chi connectivity index (χ2v) is 5.30. The minimum Gasteiger partial charge on any atom is -0.468 e. The van der Waals surface area contributed by atoms with Crippen LogP contribution in [0.25, 0.3) is 0 Å². The summed E-state index contributed by atoms with van der Waals surface area (Å²) >= 11 is 5.85. The van der Waals surface area contributed by atoms with Gasteiger partial charge >= 0.3 is 0 Å². The van der Waals surface area contributed by atoms with E-state index in [0.29, 0.717) is 22.9 Å². The van der Waals surface area contributed by atoms with Gasteiger partial charge in [0.1, 0.15) is 5.76 Å². The minimum absolute atomic E-state index is 0.120. The predicted octanol–water partition coefficient (Wildman–Crippen LogP) is 2.97. The second-order valence-electron chi connectivity index (χ2n) is 4.90. The number of furan rings is 1. The van der Waals surface area contributed by atoms with Crippen molar-refractivity contribution >= 4 is 28.9 Å². The van der Waals surface area contributed by atoms with Crippen molar-refractivity contribution in [2.24, 2.45) is 0 Å². The molecule has 6 heteroatoms. The number of likely N-dealkylation sites (N-methyl/N-ethyl adjacent to an activating group) is 1. The van der Waals surface area contributed by atoms with Crippen molar-refractivity contribution in [3.8, 4) is 0 Å². The molecule has 1 amide bonds. The molecule has 2 rings (SSSR count). The lowest BCUT2D eigenvalue weighted by atomic mass is 10.2. The summed E-state index contributed by atoms with van der Waals surface area (Å²) in [7, 11) is 1.86. The summed E-state index contributed by atoms with van der Waals surface area (Å²) in [6, 6.07) is 8.40. The molecule has 2 aromatic rings. The highest BCUT2D eigenvalue weighted by molar-refractivity contribution is 6.33. The Kier molecular flexibility index (Phi) is 4.88. The Hall–Kier alpha value is -1.98. The van der Waals surface area contributed by atoms with Crippen LogP contribution in [0.3, 0.4) is 0 Å². The van der Waals surface area contributed by atoms with Crippen LogP contribution in [0.15, 0.2) is 41.0 Å². The molecular formula is C15H18ClN3O2. The molecule has 112 valence electrons. The van der Waals surface area contributed by atoms with Gasteiger partial charge in [-0.15, -0.1) is 0 Å². The molecule has 21 heavy (non-hydrogen) atoms. The fourth-order valence-corrected chi connectivity index (χ4v) is 1.97. The summed E-state index contributed by atoms with van der Waals surface area (Å²) in [6.45, 7) is 2.39. The molecule has 1 aromatic carbocycles. The predicted molar refractivity (Wildman–Crippen MR) is 84.1 cm³/mol. The highest BCUT2D eigenvalue weighted by Crippen LogP contribution is 2.22. The van der Waals surface area contributed by atoms with E-state index in [-0.39, 0.29) is 11.9 Å². The molecule has 0 spiro atoms. The molecule has 1 atom stereocenters. The van der Waals surface area contributed by atoms with E-state index in [0.717, 1.165) is 5.76 Å². The molecule has 0 fully saturated rings. The number of anilines is 2. The zero-order valence-corrected chi connectivity index (χ0v) is 12.7. The van der Waals surface area contributed by atoms with Crippen LogP contribution in [0.4, 0.5) is 11.4 Å². The van der Waals surface area contributed by atoms with Gasteiger partial charge in [-0.3, -0.25) is 9.69 Å². The molecule has 1 aromatic heterocycles. The lowest BCUT2D eigenvalue weighted by Gasteiger charge is -2.23. The van der Waals surface area contributed by atoms with Crippen LogP contribution < -0.4 is 11.1 Å². The van der Waals surface area contributed by atoms with Crippen molar-refractivity contribution in [3.63, 3.8) is 0 Å². The number of nitrogens with zero attached hydrogens (tertiary/aromatic N) is 1. The smallest absolute Gasteiger partial charge is 0.241 e. The summed E-state index contributed by atoms with van der Waals surface area (Å²) in [5, 5.41) is 3.29. The van der Waals surface area contributed by atoms with Gasteiger partial charge in [0.2, 0.25) is 5.91 Å². The number of carbonyl (C=O) groups excluding carboxylic acids is 1. The molecular weight excluding hydrogens is 290 g/mol. The topological polar surface area (TPSA) is 71.5 Å². The van der Waals surface area contributed by atoms with E-state index in [1.807, 2.05) is 31.0 Å². The summed E-state index contributed by atoms with van der Waals surface area (Å²) in [5.74, 6) is 0.693. The van der Waals surface area contributed by atoms with Crippen LogP contribution in [0.5, 0.6) is 0 Å². The molecule has 0 saturated carbocycles. The maximum Gasteiger partial charge on any atom is 0.241 e. The van der Waals surface area contributed by atoms with E-state index in [9.17, 15) is 4.79 Å². The number of amides is 1. The number of nitrogens with two attached hydrogens (primary N) is 1. The number of benzene rings is 1. The van der Waals surface area contributed by atoms with Crippen molar-refractivity contribution in [3.05, 3.63) is 47.4 Å². The highest BCUT2D eigenvalue weighted by atomic mass is 35.5. The van der Waals surface area contributed by atoms with E-state index in [1.54, 1.807) is 24.5 Å². The third kappa shape index (κ3) is 4.00. The number of halogens is 1. The molecule has 5 nitrogen and oxygen atoms in total. The van der Waals surface area contributed by atoms with Gasteiger partial charge in [-0.25, -0.2) is 0 Å². The van der Waals surface area contributed by atoms with E-state index in [1.165, 1.54) is 0 Å². The van der Waals surface area contributed by atoms with Crippen LogP contribution >= 0.6 is 11.6 Å². The van der Waals surface area contributed by atoms with E-state index in [2.05, 4.69) is 5.32 Å². The number of nitrogens with one attached hydrogen (secondary N) is 1. The summed E-state index contributed by atoms with van der Waals surface area (Å²) in [4.78, 5) is 14.1. The molecule has 0 bridgehead atoms. The molecule has 1 heterocycles. The standard InChI is InChI=1S/C15H18ClN3O2/c1-10(19(2)9-12-4-3-7-21-12)15(20)18-11-5-6-13(16)14(17)8-11/h3-8,10H,9,17H2,1-2H3,(H,18,20). The zero-order valence-electron chi connectivity index (χ0n) is 12.0. The van der Waals surface area contributed by atoms with Gasteiger partial charge in [0.05, 0.1) is 29.6 Å². The summed E-state index contributed by atoms with van der Waals surface area (Å²) in [5.41, 5.74) is 6.78. The first kappa shape index (κ1) is 15.4. The average Bonchev–Trinajstić information content (AvgIpc) is 2.94. The Labute approximate surface area is 128 Å². The quantitative estimate of drug-likeness (QED) is 0.833. The van der Waals surface area contributed by atoms with Crippen molar-refractivity contribution in [1.82, 2.24) is 4.90 Å². The van der Waals surface area contributed by atoms with Gasteiger partial charge in [0.25, 0.3) is 0 Å². The number of hydrogen-bond acceptors (Lipinski definition) is 4. The van der Waals surface area contributed by atoms with Crippen molar-refractivity contribution in [2.45, 2.75) is 19.5 Å². The second kappa shape index (κ2) is 6.65. The lowest BCUT2D eigenvalue weighted by Crippen LogP contribution is -2.39. The first-order valence-electron chi connectivity index (χ1n) is 6.56. The summed E-state index contributed by atoms with van der Waals surface area (Å²) < 4.78 is 5.28. The van der Waals surface area contributed by atoms with Crippen molar-refractivity contribution in [1.29, 1.82) is 0 Å². The first-order valence-corrected chi connectivity index (χ1v) is 6.93.